The van der Waals surface area contributed by atoms with Crippen LogP contribution in [-0.2, 0) is 14.3 Å². The van der Waals surface area contributed by atoms with Crippen LogP contribution in [0.25, 0.3) is 10.9 Å². The molecule has 2 fully saturated rings. The lowest BCUT2D eigenvalue weighted by atomic mass is 9.66. The maximum absolute atomic E-state index is 13.2. The van der Waals surface area contributed by atoms with Gasteiger partial charge in [0.2, 0.25) is 0 Å². The van der Waals surface area contributed by atoms with E-state index >= 15 is 0 Å². The van der Waals surface area contributed by atoms with Crippen molar-refractivity contribution in [2.75, 3.05) is 5.32 Å². The van der Waals surface area contributed by atoms with E-state index in [0.29, 0.717) is 18.5 Å². The summed E-state index contributed by atoms with van der Waals surface area (Å²) >= 11 is 0. The van der Waals surface area contributed by atoms with Gasteiger partial charge in [0.1, 0.15) is 0 Å². The van der Waals surface area contributed by atoms with Crippen molar-refractivity contribution in [3.05, 3.63) is 36.0 Å². The molecule has 2 heterocycles. The number of para-hydroxylation sites is 1. The van der Waals surface area contributed by atoms with Gasteiger partial charge < -0.3 is 10.1 Å². The van der Waals surface area contributed by atoms with Crippen LogP contribution in [0.15, 0.2) is 30.3 Å². The number of fused-ring (bicyclic) bond motifs is 3. The van der Waals surface area contributed by atoms with Gasteiger partial charge in [-0.05, 0) is 38.8 Å². The Kier molecular flexibility index (Phi) is 3.09. The normalized spacial score (nSPS) is 29.7. The zero-order valence-electron chi connectivity index (χ0n) is 15.0. The van der Waals surface area contributed by atoms with E-state index in [2.05, 4.69) is 10.3 Å². The van der Waals surface area contributed by atoms with Crippen molar-refractivity contribution in [1.29, 1.82) is 0 Å². The van der Waals surface area contributed by atoms with Crippen LogP contribution in [0.2, 0.25) is 0 Å². The number of rotatable bonds is 2. The summed E-state index contributed by atoms with van der Waals surface area (Å²) < 4.78 is 5.66. The Bertz CT molecular complexity index is 920. The van der Waals surface area contributed by atoms with Crippen LogP contribution in [-0.4, -0.2) is 22.5 Å². The van der Waals surface area contributed by atoms with Gasteiger partial charge in [-0.25, -0.2) is 0 Å². The zero-order valence-corrected chi connectivity index (χ0v) is 15.0. The summed E-state index contributed by atoms with van der Waals surface area (Å²) in [6, 6.07) is 9.61. The van der Waals surface area contributed by atoms with Crippen LogP contribution in [0.5, 0.6) is 0 Å². The number of carbonyl (C=O) groups excluding carboxylic acids is 2. The summed E-state index contributed by atoms with van der Waals surface area (Å²) in [6.45, 7) is 7.73. The van der Waals surface area contributed by atoms with Gasteiger partial charge in [-0.3, -0.25) is 14.6 Å². The van der Waals surface area contributed by atoms with Crippen molar-refractivity contribution in [1.82, 2.24) is 4.98 Å². The van der Waals surface area contributed by atoms with E-state index in [1.807, 2.05) is 58.0 Å². The number of aryl methyl sites for hydroxylation is 1. The Labute approximate surface area is 146 Å². The molecular formula is C20H22N2O3. The maximum atomic E-state index is 13.2. The molecule has 1 aliphatic heterocycles. The molecule has 2 aliphatic rings. The Hall–Kier alpha value is -2.43. The molecule has 1 saturated carbocycles. The predicted octanol–water partition coefficient (Wildman–Crippen LogP) is 3.60. The van der Waals surface area contributed by atoms with Gasteiger partial charge >= 0.3 is 5.97 Å². The highest BCUT2D eigenvalue weighted by molar-refractivity contribution is 6.07. The van der Waals surface area contributed by atoms with Crippen molar-refractivity contribution >= 4 is 28.5 Å². The number of hydrogen-bond acceptors (Lipinski definition) is 4. The van der Waals surface area contributed by atoms with Crippen LogP contribution in [0.4, 0.5) is 5.69 Å². The minimum atomic E-state index is -1.12. The minimum absolute atomic E-state index is 0.261. The van der Waals surface area contributed by atoms with Crippen LogP contribution in [0, 0.1) is 17.8 Å². The first kappa shape index (κ1) is 16.1. The van der Waals surface area contributed by atoms with Crippen LogP contribution < -0.4 is 5.32 Å². The summed E-state index contributed by atoms with van der Waals surface area (Å²) in [6.07, 6.45) is 1.21. The molecule has 1 aromatic carbocycles. The number of carbonyl (C=O) groups is 2. The first-order chi connectivity index (χ1) is 11.7. The molecule has 0 unspecified atom stereocenters. The van der Waals surface area contributed by atoms with Crippen molar-refractivity contribution < 1.29 is 14.3 Å². The number of pyridine rings is 1. The first-order valence-electron chi connectivity index (χ1n) is 8.63. The topological polar surface area (TPSA) is 68.3 Å². The van der Waals surface area contributed by atoms with E-state index in [0.717, 1.165) is 16.6 Å². The monoisotopic (exact) mass is 338 g/mol. The van der Waals surface area contributed by atoms with E-state index in [-0.39, 0.29) is 11.9 Å². The molecule has 1 aromatic heterocycles. The van der Waals surface area contributed by atoms with Crippen molar-refractivity contribution in [2.24, 2.45) is 10.8 Å². The number of esters is 1. The van der Waals surface area contributed by atoms with E-state index in [4.69, 9.17) is 4.74 Å². The smallest absolute Gasteiger partial charge is 0.313 e. The number of amides is 1. The van der Waals surface area contributed by atoms with Gasteiger partial charge in [-0.2, -0.15) is 0 Å². The Balaban J connectivity index is 1.75. The molecule has 5 nitrogen and oxygen atoms in total. The molecule has 5 heteroatoms. The van der Waals surface area contributed by atoms with Gasteiger partial charge in [-0.15, -0.1) is 0 Å². The molecule has 0 radical (unpaired) electrons. The third-order valence-corrected chi connectivity index (χ3v) is 6.56. The maximum Gasteiger partial charge on any atom is 0.313 e. The second-order valence-electron chi connectivity index (χ2n) is 7.96. The van der Waals surface area contributed by atoms with Crippen molar-refractivity contribution in [3.63, 3.8) is 0 Å². The molecular weight excluding hydrogens is 316 g/mol. The first-order valence-corrected chi connectivity index (χ1v) is 8.63. The lowest BCUT2D eigenvalue weighted by Gasteiger charge is -2.35. The standard InChI is InChI=1S/C20H22N2O3/c1-12-8-9-13-6-5-7-14(15(13)21-12)22-16(23)20-11-10-19(4,17(24)25-20)18(20,2)3/h5-9H,10-11H2,1-4H3,(H,22,23)/t19-,20+/m0/s1. The third-order valence-electron chi connectivity index (χ3n) is 6.56. The summed E-state index contributed by atoms with van der Waals surface area (Å²) in [5, 5.41) is 3.95. The van der Waals surface area contributed by atoms with Crippen molar-refractivity contribution in [2.45, 2.75) is 46.1 Å². The van der Waals surface area contributed by atoms with E-state index in [1.54, 1.807) is 0 Å². The highest BCUT2D eigenvalue weighted by Crippen LogP contribution is 2.65. The molecule has 1 saturated heterocycles. The Morgan fingerprint density at radius 1 is 1.16 bits per heavy atom. The van der Waals surface area contributed by atoms with Crippen molar-refractivity contribution in [3.8, 4) is 0 Å². The van der Waals surface area contributed by atoms with E-state index in [1.165, 1.54) is 0 Å². The lowest BCUT2D eigenvalue weighted by molar-refractivity contribution is -0.165. The number of benzene rings is 1. The fourth-order valence-electron chi connectivity index (χ4n) is 4.32. The fourth-order valence-corrected chi connectivity index (χ4v) is 4.32. The second-order valence-corrected chi connectivity index (χ2v) is 7.96. The fraction of sp³-hybridized carbons (Fsp3) is 0.450. The number of hydrogen-bond donors (Lipinski definition) is 1. The SMILES string of the molecule is Cc1ccc2cccc(NC(=O)[C@@]34CC[C@@](C)(C(=O)O3)C4(C)C)c2n1. The number of nitrogens with one attached hydrogen (secondary N) is 1. The molecule has 25 heavy (non-hydrogen) atoms. The number of ether oxygens (including phenoxy) is 1. The minimum Gasteiger partial charge on any atom is -0.448 e. The van der Waals surface area contributed by atoms with Crippen LogP contribution >= 0.6 is 0 Å². The van der Waals surface area contributed by atoms with Gasteiger partial charge in [0.05, 0.1) is 16.6 Å². The molecule has 4 rings (SSSR count). The Morgan fingerprint density at radius 2 is 1.92 bits per heavy atom. The molecule has 0 spiro atoms. The number of anilines is 1. The van der Waals surface area contributed by atoms with Gasteiger partial charge in [0, 0.05) is 16.5 Å². The second kappa shape index (κ2) is 4.81. The molecule has 2 aromatic rings. The molecule has 1 N–H and O–H groups in total. The van der Waals surface area contributed by atoms with Gasteiger partial charge in [0.15, 0.2) is 5.60 Å². The largest absolute Gasteiger partial charge is 0.448 e. The predicted molar refractivity (Wildman–Crippen MR) is 95.1 cm³/mol. The van der Waals surface area contributed by atoms with Crippen LogP contribution in [0.1, 0.15) is 39.3 Å². The highest BCUT2D eigenvalue weighted by Gasteiger charge is 2.75. The third kappa shape index (κ3) is 1.86. The van der Waals surface area contributed by atoms with Gasteiger partial charge in [-0.1, -0.05) is 32.0 Å². The Morgan fingerprint density at radius 3 is 2.56 bits per heavy atom. The quantitative estimate of drug-likeness (QED) is 0.850. The molecule has 2 atom stereocenters. The lowest BCUT2D eigenvalue weighted by Crippen LogP contribution is -2.50. The molecule has 1 amide bonds. The highest BCUT2D eigenvalue weighted by atomic mass is 16.6. The summed E-state index contributed by atoms with van der Waals surface area (Å²) in [5.74, 6) is -0.534. The summed E-state index contributed by atoms with van der Waals surface area (Å²) in [7, 11) is 0. The summed E-state index contributed by atoms with van der Waals surface area (Å²) in [5.41, 5.74) is -0.0193. The molecule has 1 aliphatic carbocycles. The molecule has 130 valence electrons. The number of aromatic nitrogens is 1. The van der Waals surface area contributed by atoms with Crippen LogP contribution in [0.3, 0.4) is 0 Å². The van der Waals surface area contributed by atoms with E-state index < -0.39 is 16.4 Å². The average Bonchev–Trinajstić information content (AvgIpc) is 2.86. The summed E-state index contributed by atoms with van der Waals surface area (Å²) in [4.78, 5) is 30.1. The molecule has 2 bridgehead atoms. The zero-order chi connectivity index (χ0) is 18.0. The van der Waals surface area contributed by atoms with Gasteiger partial charge in [0.25, 0.3) is 5.91 Å². The number of nitrogens with zero attached hydrogens (tertiary/aromatic N) is 1. The average molecular weight is 338 g/mol. The van der Waals surface area contributed by atoms with E-state index in [9.17, 15) is 9.59 Å².